The molecule has 0 radical (unpaired) electrons. The first-order valence-corrected chi connectivity index (χ1v) is 7.65. The SMILES string of the molecule is CC(F)(F)COc1cc(Br)ccc1Cc1c(F)cccc1Cl. The summed E-state index contributed by atoms with van der Waals surface area (Å²) in [5.41, 5.74) is 0.888. The van der Waals surface area contributed by atoms with E-state index in [1.165, 1.54) is 12.1 Å². The standard InChI is InChI=1S/C16H13BrClF3O/c1-16(20,21)9-22-15-8-11(17)6-5-10(15)7-12-13(18)3-2-4-14(12)19/h2-6,8H,7,9H2,1H3. The molecule has 0 fully saturated rings. The molecule has 22 heavy (non-hydrogen) atoms. The predicted octanol–water partition coefficient (Wildman–Crippen LogP) is 5.87. The molecule has 0 spiro atoms. The summed E-state index contributed by atoms with van der Waals surface area (Å²) in [7, 11) is 0. The minimum Gasteiger partial charge on any atom is -0.487 e. The number of hydrogen-bond donors (Lipinski definition) is 0. The van der Waals surface area contributed by atoms with Crippen LogP contribution in [-0.4, -0.2) is 12.5 Å². The molecule has 6 heteroatoms. The molecule has 1 nitrogen and oxygen atoms in total. The van der Waals surface area contributed by atoms with Gasteiger partial charge in [-0.05, 0) is 29.8 Å². The van der Waals surface area contributed by atoms with Gasteiger partial charge in [-0.1, -0.05) is 39.7 Å². The van der Waals surface area contributed by atoms with E-state index in [0.29, 0.717) is 15.6 Å². The van der Waals surface area contributed by atoms with Crippen LogP contribution < -0.4 is 4.74 Å². The lowest BCUT2D eigenvalue weighted by Gasteiger charge is -2.16. The number of ether oxygens (including phenoxy) is 1. The van der Waals surface area contributed by atoms with Gasteiger partial charge in [0.15, 0.2) is 6.61 Å². The quantitative estimate of drug-likeness (QED) is 0.617. The molecular formula is C16H13BrClF3O. The third-order valence-electron chi connectivity index (χ3n) is 2.94. The maximum atomic E-state index is 13.9. The summed E-state index contributed by atoms with van der Waals surface area (Å²) >= 11 is 9.27. The predicted molar refractivity (Wildman–Crippen MR) is 84.5 cm³/mol. The van der Waals surface area contributed by atoms with E-state index in [-0.39, 0.29) is 17.2 Å². The molecule has 0 atom stereocenters. The van der Waals surface area contributed by atoms with E-state index in [4.69, 9.17) is 16.3 Å². The lowest BCUT2D eigenvalue weighted by molar-refractivity contribution is -0.0231. The molecule has 0 bridgehead atoms. The minimum absolute atomic E-state index is 0.156. The molecule has 0 amide bonds. The first-order chi connectivity index (χ1) is 10.3. The molecule has 2 aromatic rings. The zero-order chi connectivity index (χ0) is 16.3. The maximum absolute atomic E-state index is 13.9. The lowest BCUT2D eigenvalue weighted by atomic mass is 10.0. The van der Waals surface area contributed by atoms with Crippen molar-refractivity contribution in [2.24, 2.45) is 0 Å². The summed E-state index contributed by atoms with van der Waals surface area (Å²) in [4.78, 5) is 0. The Hall–Kier alpha value is -1.20. The third kappa shape index (κ3) is 4.65. The number of halogens is 5. The van der Waals surface area contributed by atoms with Gasteiger partial charge in [-0.15, -0.1) is 0 Å². The molecule has 0 saturated heterocycles. The highest BCUT2D eigenvalue weighted by Crippen LogP contribution is 2.30. The highest BCUT2D eigenvalue weighted by atomic mass is 79.9. The fourth-order valence-corrected chi connectivity index (χ4v) is 2.47. The zero-order valence-corrected chi connectivity index (χ0v) is 14.0. The highest BCUT2D eigenvalue weighted by Gasteiger charge is 2.23. The van der Waals surface area contributed by atoms with Crippen molar-refractivity contribution in [3.8, 4) is 5.75 Å². The average Bonchev–Trinajstić information content (AvgIpc) is 2.42. The smallest absolute Gasteiger partial charge is 0.278 e. The van der Waals surface area contributed by atoms with Crippen LogP contribution in [-0.2, 0) is 6.42 Å². The Balaban J connectivity index is 2.31. The molecule has 0 unspecified atom stereocenters. The van der Waals surface area contributed by atoms with E-state index in [1.807, 2.05) is 0 Å². The van der Waals surface area contributed by atoms with Crippen molar-refractivity contribution in [3.63, 3.8) is 0 Å². The molecule has 118 valence electrons. The summed E-state index contributed by atoms with van der Waals surface area (Å²) < 4.78 is 45.7. The van der Waals surface area contributed by atoms with Crippen LogP contribution in [0.4, 0.5) is 13.2 Å². The van der Waals surface area contributed by atoms with Crippen LogP contribution in [0.2, 0.25) is 5.02 Å². The third-order valence-corrected chi connectivity index (χ3v) is 3.79. The van der Waals surface area contributed by atoms with Crippen molar-refractivity contribution < 1.29 is 17.9 Å². The van der Waals surface area contributed by atoms with Crippen LogP contribution in [0.25, 0.3) is 0 Å². The topological polar surface area (TPSA) is 9.23 Å². The molecule has 2 aromatic carbocycles. The number of benzene rings is 2. The summed E-state index contributed by atoms with van der Waals surface area (Å²) in [6, 6.07) is 9.41. The summed E-state index contributed by atoms with van der Waals surface area (Å²) in [6.45, 7) is 0.0276. The van der Waals surface area contributed by atoms with Gasteiger partial charge in [-0.25, -0.2) is 13.2 Å². The first kappa shape index (κ1) is 17.2. The van der Waals surface area contributed by atoms with Gasteiger partial charge >= 0.3 is 0 Å². The second-order valence-corrected chi connectivity index (χ2v) is 6.31. The van der Waals surface area contributed by atoms with Gasteiger partial charge in [-0.2, -0.15) is 0 Å². The molecule has 0 aliphatic heterocycles. The Morgan fingerprint density at radius 3 is 2.59 bits per heavy atom. The van der Waals surface area contributed by atoms with Crippen LogP contribution in [0, 0.1) is 5.82 Å². The van der Waals surface area contributed by atoms with Crippen molar-refractivity contribution in [1.29, 1.82) is 0 Å². The second-order valence-electron chi connectivity index (χ2n) is 4.99. The van der Waals surface area contributed by atoms with E-state index < -0.39 is 18.3 Å². The van der Waals surface area contributed by atoms with Crippen molar-refractivity contribution in [2.45, 2.75) is 19.3 Å². The Labute approximate surface area is 140 Å². The molecule has 0 aliphatic rings. The number of hydrogen-bond acceptors (Lipinski definition) is 1. The monoisotopic (exact) mass is 392 g/mol. The largest absolute Gasteiger partial charge is 0.487 e. The summed E-state index contributed by atoms with van der Waals surface area (Å²) in [5, 5.41) is 0.287. The van der Waals surface area contributed by atoms with Crippen LogP contribution >= 0.6 is 27.5 Å². The molecule has 0 heterocycles. The van der Waals surface area contributed by atoms with Crippen LogP contribution in [0.5, 0.6) is 5.75 Å². The van der Waals surface area contributed by atoms with Gasteiger partial charge in [0, 0.05) is 28.4 Å². The van der Waals surface area contributed by atoms with E-state index in [1.54, 1.807) is 24.3 Å². The van der Waals surface area contributed by atoms with Crippen molar-refractivity contribution in [1.82, 2.24) is 0 Å². The van der Waals surface area contributed by atoms with Crippen LogP contribution in [0.3, 0.4) is 0 Å². The van der Waals surface area contributed by atoms with Gasteiger partial charge in [-0.3, -0.25) is 0 Å². The molecule has 2 rings (SSSR count). The van der Waals surface area contributed by atoms with Gasteiger partial charge in [0.2, 0.25) is 0 Å². The van der Waals surface area contributed by atoms with Gasteiger partial charge in [0.1, 0.15) is 11.6 Å². The Kier molecular flexibility index (Phi) is 5.40. The van der Waals surface area contributed by atoms with Gasteiger partial charge in [0.05, 0.1) is 0 Å². The van der Waals surface area contributed by atoms with Crippen molar-refractivity contribution in [3.05, 3.63) is 62.8 Å². The Morgan fingerprint density at radius 2 is 1.95 bits per heavy atom. The van der Waals surface area contributed by atoms with Crippen LogP contribution in [0.1, 0.15) is 18.1 Å². The summed E-state index contributed by atoms with van der Waals surface area (Å²) in [5.74, 6) is -3.12. The van der Waals surface area contributed by atoms with E-state index in [9.17, 15) is 13.2 Å². The van der Waals surface area contributed by atoms with Gasteiger partial charge < -0.3 is 4.74 Å². The van der Waals surface area contributed by atoms with Crippen molar-refractivity contribution >= 4 is 27.5 Å². The molecule has 0 saturated carbocycles. The minimum atomic E-state index is -2.95. The average molecular weight is 394 g/mol. The number of alkyl halides is 2. The number of rotatable bonds is 5. The molecule has 0 aliphatic carbocycles. The van der Waals surface area contributed by atoms with Gasteiger partial charge in [0.25, 0.3) is 5.92 Å². The van der Waals surface area contributed by atoms with E-state index in [0.717, 1.165) is 6.92 Å². The molecular weight excluding hydrogens is 381 g/mol. The van der Waals surface area contributed by atoms with E-state index >= 15 is 0 Å². The Morgan fingerprint density at radius 1 is 1.23 bits per heavy atom. The normalized spacial score (nSPS) is 11.5. The molecule has 0 N–H and O–H groups in total. The fraction of sp³-hybridized carbons (Fsp3) is 0.250. The lowest BCUT2D eigenvalue weighted by Crippen LogP contribution is -2.21. The van der Waals surface area contributed by atoms with E-state index in [2.05, 4.69) is 15.9 Å². The van der Waals surface area contributed by atoms with Crippen molar-refractivity contribution in [2.75, 3.05) is 6.61 Å². The maximum Gasteiger partial charge on any atom is 0.278 e. The first-order valence-electron chi connectivity index (χ1n) is 6.48. The fourth-order valence-electron chi connectivity index (χ4n) is 1.90. The second kappa shape index (κ2) is 6.92. The summed E-state index contributed by atoms with van der Waals surface area (Å²) in [6.07, 6.45) is 0.156. The van der Waals surface area contributed by atoms with Crippen LogP contribution in [0.15, 0.2) is 40.9 Å². The zero-order valence-electron chi connectivity index (χ0n) is 11.7. The highest BCUT2D eigenvalue weighted by molar-refractivity contribution is 9.10. The molecule has 0 aromatic heterocycles. The Bertz CT molecular complexity index is 651.